The monoisotopic (exact) mass is 326 g/mol. The van der Waals surface area contributed by atoms with Crippen molar-refractivity contribution in [2.45, 2.75) is 55.2 Å². The molecule has 0 radical (unpaired) electrons. The molecule has 1 fully saturated rings. The number of rotatable bonds is 3. The molecule has 1 aliphatic rings. The van der Waals surface area contributed by atoms with Crippen molar-refractivity contribution in [1.82, 2.24) is 20.2 Å². The number of fused-ring (bicyclic) bond motifs is 1. The van der Waals surface area contributed by atoms with Crippen molar-refractivity contribution < 1.29 is 4.42 Å². The Morgan fingerprint density at radius 2 is 1.96 bits per heavy atom. The molecule has 3 aromatic rings. The zero-order valence-electron chi connectivity index (χ0n) is 13.0. The second-order valence-corrected chi connectivity index (χ2v) is 6.98. The number of benzene rings is 1. The van der Waals surface area contributed by atoms with E-state index >= 15 is 0 Å². The minimum absolute atomic E-state index is 0.426. The van der Waals surface area contributed by atoms with Crippen LogP contribution in [0.1, 0.15) is 49.5 Å². The van der Waals surface area contributed by atoms with E-state index in [9.17, 15) is 0 Å². The van der Waals surface area contributed by atoms with Crippen LogP contribution in [0.15, 0.2) is 39.2 Å². The summed E-state index contributed by atoms with van der Waals surface area (Å²) in [5.41, 5.74) is 2.11. The van der Waals surface area contributed by atoms with Crippen molar-refractivity contribution in [3.63, 3.8) is 0 Å². The molecular formula is C17H18N4OS. The number of aromatic nitrogens is 4. The molecule has 2 aromatic heterocycles. The van der Waals surface area contributed by atoms with E-state index in [-0.39, 0.29) is 0 Å². The molecule has 23 heavy (non-hydrogen) atoms. The molecule has 0 bridgehead atoms. The Balaban J connectivity index is 1.61. The Bertz CT molecular complexity index is 826. The van der Waals surface area contributed by atoms with E-state index in [1.807, 2.05) is 6.07 Å². The summed E-state index contributed by atoms with van der Waals surface area (Å²) in [6.45, 7) is 2.06. The third-order valence-corrected chi connectivity index (χ3v) is 5.17. The molecule has 1 aliphatic carbocycles. The minimum Gasteiger partial charge on any atom is -0.415 e. The van der Waals surface area contributed by atoms with Crippen LogP contribution in [0.3, 0.4) is 0 Å². The van der Waals surface area contributed by atoms with E-state index in [0.717, 1.165) is 34.7 Å². The summed E-state index contributed by atoms with van der Waals surface area (Å²) in [4.78, 5) is 8.70. The second-order valence-electron chi connectivity index (χ2n) is 6.04. The van der Waals surface area contributed by atoms with E-state index in [4.69, 9.17) is 4.42 Å². The zero-order valence-corrected chi connectivity index (χ0v) is 13.8. The van der Waals surface area contributed by atoms with Crippen LogP contribution in [-0.2, 0) is 0 Å². The average Bonchev–Trinajstić information content (AvgIpc) is 3.05. The molecule has 5 nitrogen and oxygen atoms in total. The third-order valence-electron chi connectivity index (χ3n) is 4.31. The van der Waals surface area contributed by atoms with Crippen molar-refractivity contribution in [3.8, 4) is 0 Å². The lowest BCUT2D eigenvalue weighted by Crippen LogP contribution is -2.04. The summed E-state index contributed by atoms with van der Waals surface area (Å²) in [7, 11) is 0. The largest absolute Gasteiger partial charge is 0.415 e. The summed E-state index contributed by atoms with van der Waals surface area (Å²) < 4.78 is 5.89. The van der Waals surface area contributed by atoms with Crippen molar-refractivity contribution in [1.29, 1.82) is 0 Å². The SMILES string of the molecule is Cc1ccc2ncnc(Sc3nnc(C4CCCCC4)o3)c2c1. The van der Waals surface area contributed by atoms with Gasteiger partial charge < -0.3 is 4.42 Å². The first-order valence-corrected chi connectivity index (χ1v) is 8.84. The van der Waals surface area contributed by atoms with Gasteiger partial charge in [0, 0.05) is 11.3 Å². The van der Waals surface area contributed by atoms with Crippen LogP contribution >= 0.6 is 11.8 Å². The first-order chi connectivity index (χ1) is 11.3. The van der Waals surface area contributed by atoms with Gasteiger partial charge in [0.1, 0.15) is 11.4 Å². The maximum atomic E-state index is 5.89. The lowest BCUT2D eigenvalue weighted by Gasteiger charge is -2.17. The van der Waals surface area contributed by atoms with E-state index in [1.165, 1.54) is 36.6 Å². The molecule has 0 aliphatic heterocycles. The first-order valence-electron chi connectivity index (χ1n) is 8.02. The predicted molar refractivity (Wildman–Crippen MR) is 88.5 cm³/mol. The van der Waals surface area contributed by atoms with Gasteiger partial charge in [-0.05, 0) is 43.7 Å². The van der Waals surface area contributed by atoms with Crippen LogP contribution < -0.4 is 0 Å². The van der Waals surface area contributed by atoms with Gasteiger partial charge in [-0.1, -0.05) is 30.9 Å². The van der Waals surface area contributed by atoms with Crippen molar-refractivity contribution in [2.75, 3.05) is 0 Å². The third kappa shape index (κ3) is 3.08. The molecule has 0 atom stereocenters. The molecule has 0 N–H and O–H groups in total. The summed E-state index contributed by atoms with van der Waals surface area (Å²) in [6, 6.07) is 6.16. The van der Waals surface area contributed by atoms with Crippen LogP contribution in [0.2, 0.25) is 0 Å². The predicted octanol–water partition coefficient (Wildman–Crippen LogP) is 4.52. The Labute approximate surface area is 138 Å². The lowest BCUT2D eigenvalue weighted by atomic mass is 9.89. The molecule has 118 valence electrons. The van der Waals surface area contributed by atoms with Gasteiger partial charge in [-0.3, -0.25) is 0 Å². The Hall–Kier alpha value is -1.95. The van der Waals surface area contributed by atoms with Crippen molar-refractivity contribution in [3.05, 3.63) is 36.0 Å². The van der Waals surface area contributed by atoms with Crippen LogP contribution in [0.5, 0.6) is 0 Å². The molecule has 1 aromatic carbocycles. The number of hydrogen-bond acceptors (Lipinski definition) is 6. The Morgan fingerprint density at radius 1 is 1.09 bits per heavy atom. The Kier molecular flexibility index (Phi) is 3.99. The van der Waals surface area contributed by atoms with Gasteiger partial charge in [0.2, 0.25) is 5.89 Å². The second kappa shape index (κ2) is 6.28. The fourth-order valence-electron chi connectivity index (χ4n) is 3.09. The van der Waals surface area contributed by atoms with Gasteiger partial charge in [0.05, 0.1) is 5.52 Å². The molecule has 0 spiro atoms. The normalized spacial score (nSPS) is 16.0. The first kappa shape index (κ1) is 14.6. The highest BCUT2D eigenvalue weighted by molar-refractivity contribution is 7.99. The van der Waals surface area contributed by atoms with E-state index < -0.39 is 0 Å². The molecule has 6 heteroatoms. The van der Waals surface area contributed by atoms with Crippen LogP contribution in [-0.4, -0.2) is 20.2 Å². The smallest absolute Gasteiger partial charge is 0.282 e. The lowest BCUT2D eigenvalue weighted by molar-refractivity contribution is 0.334. The van der Waals surface area contributed by atoms with Crippen LogP contribution in [0.25, 0.3) is 10.9 Å². The number of aryl methyl sites for hydroxylation is 1. The van der Waals surface area contributed by atoms with Gasteiger partial charge in [-0.25, -0.2) is 9.97 Å². The zero-order chi connectivity index (χ0) is 15.6. The molecular weight excluding hydrogens is 308 g/mol. The van der Waals surface area contributed by atoms with E-state index in [2.05, 4.69) is 39.2 Å². The van der Waals surface area contributed by atoms with Gasteiger partial charge in [-0.2, -0.15) is 0 Å². The van der Waals surface area contributed by atoms with E-state index in [0.29, 0.717) is 11.1 Å². The van der Waals surface area contributed by atoms with Crippen LogP contribution in [0, 0.1) is 6.92 Å². The highest BCUT2D eigenvalue weighted by Gasteiger charge is 2.22. The number of hydrogen-bond donors (Lipinski definition) is 0. The maximum Gasteiger partial charge on any atom is 0.282 e. The summed E-state index contributed by atoms with van der Waals surface area (Å²) in [5.74, 6) is 1.21. The highest BCUT2D eigenvalue weighted by atomic mass is 32.2. The molecule has 0 saturated heterocycles. The van der Waals surface area contributed by atoms with Crippen LogP contribution in [0.4, 0.5) is 0 Å². The molecule has 2 heterocycles. The summed E-state index contributed by atoms with van der Waals surface area (Å²) >= 11 is 1.42. The van der Waals surface area contributed by atoms with E-state index in [1.54, 1.807) is 6.33 Å². The maximum absolute atomic E-state index is 5.89. The fourth-order valence-corrected chi connectivity index (χ4v) is 3.83. The van der Waals surface area contributed by atoms with Gasteiger partial charge in [0.15, 0.2) is 0 Å². The minimum atomic E-state index is 0.426. The Morgan fingerprint density at radius 3 is 2.83 bits per heavy atom. The van der Waals surface area contributed by atoms with Gasteiger partial charge in [0.25, 0.3) is 5.22 Å². The molecule has 1 saturated carbocycles. The average molecular weight is 326 g/mol. The quantitative estimate of drug-likeness (QED) is 0.659. The molecule has 4 rings (SSSR count). The van der Waals surface area contributed by atoms with Gasteiger partial charge in [-0.15, -0.1) is 10.2 Å². The summed E-state index contributed by atoms with van der Waals surface area (Å²) in [5, 5.41) is 10.9. The topological polar surface area (TPSA) is 64.7 Å². The van der Waals surface area contributed by atoms with Crippen molar-refractivity contribution in [2.24, 2.45) is 0 Å². The highest BCUT2D eigenvalue weighted by Crippen LogP contribution is 2.35. The molecule has 0 unspecified atom stereocenters. The number of nitrogens with zero attached hydrogens (tertiary/aromatic N) is 4. The summed E-state index contributed by atoms with van der Waals surface area (Å²) in [6.07, 6.45) is 7.72. The fraction of sp³-hybridized carbons (Fsp3) is 0.412. The van der Waals surface area contributed by atoms with Gasteiger partial charge >= 0.3 is 0 Å². The molecule has 0 amide bonds. The van der Waals surface area contributed by atoms with Crippen molar-refractivity contribution >= 4 is 22.7 Å². The standard InChI is InChI=1S/C17H18N4OS/c1-11-7-8-14-13(9-11)16(19-10-18-14)23-17-21-20-15(22-17)12-5-3-2-4-6-12/h7-10,12H,2-6H2,1H3.